The third-order valence-electron chi connectivity index (χ3n) is 3.36. The number of hydrogen-bond acceptors (Lipinski definition) is 2. The molecule has 74 valence electrons. The number of likely N-dealkylation sites (N-methyl/N-ethyl adjacent to an activating group) is 1. The largest absolute Gasteiger partial charge is 0.341 e. The summed E-state index contributed by atoms with van der Waals surface area (Å²) in [6.07, 6.45) is 2.21. The van der Waals surface area contributed by atoms with Crippen molar-refractivity contribution >= 4 is 5.91 Å². The van der Waals surface area contributed by atoms with Gasteiger partial charge in [-0.2, -0.15) is 0 Å². The predicted octanol–water partition coefficient (Wildman–Crippen LogP) is 0.463. The fourth-order valence-electron chi connectivity index (χ4n) is 2.08. The first kappa shape index (κ1) is 9.00. The van der Waals surface area contributed by atoms with Crippen molar-refractivity contribution in [3.05, 3.63) is 0 Å². The van der Waals surface area contributed by atoms with Crippen LogP contribution >= 0.6 is 0 Å². The zero-order valence-electron chi connectivity index (χ0n) is 8.42. The zero-order chi connectivity index (χ0) is 9.42. The molecule has 1 aliphatic heterocycles. The van der Waals surface area contributed by atoms with Crippen LogP contribution in [0.3, 0.4) is 0 Å². The summed E-state index contributed by atoms with van der Waals surface area (Å²) in [7, 11) is 1.95. The molecule has 1 saturated carbocycles. The van der Waals surface area contributed by atoms with E-state index in [2.05, 4.69) is 12.2 Å². The average Bonchev–Trinajstić information content (AvgIpc) is 2.69. The van der Waals surface area contributed by atoms with Crippen LogP contribution in [0.25, 0.3) is 0 Å². The van der Waals surface area contributed by atoms with Gasteiger partial charge in [-0.05, 0) is 25.3 Å². The molecule has 2 fully saturated rings. The lowest BCUT2D eigenvalue weighted by molar-refractivity contribution is -0.133. The average molecular weight is 182 g/mol. The second-order valence-corrected chi connectivity index (χ2v) is 4.42. The predicted molar refractivity (Wildman–Crippen MR) is 51.3 cm³/mol. The highest BCUT2D eigenvalue weighted by Gasteiger charge is 2.42. The number of amides is 1. The van der Waals surface area contributed by atoms with E-state index in [0.29, 0.717) is 23.8 Å². The number of nitrogens with one attached hydrogen (secondary N) is 1. The van der Waals surface area contributed by atoms with Crippen molar-refractivity contribution in [1.82, 2.24) is 10.2 Å². The van der Waals surface area contributed by atoms with Gasteiger partial charge in [0.05, 0.1) is 0 Å². The van der Waals surface area contributed by atoms with Crippen LogP contribution in [0.2, 0.25) is 0 Å². The summed E-state index contributed by atoms with van der Waals surface area (Å²) in [4.78, 5) is 13.8. The van der Waals surface area contributed by atoms with Gasteiger partial charge in [-0.15, -0.1) is 0 Å². The van der Waals surface area contributed by atoms with Gasteiger partial charge in [-0.25, -0.2) is 0 Å². The lowest BCUT2D eigenvalue weighted by atomic mass is 10.2. The minimum absolute atomic E-state index is 0.339. The highest BCUT2D eigenvalue weighted by molar-refractivity contribution is 5.81. The molecule has 0 spiro atoms. The molecular formula is C10H18N2O. The summed E-state index contributed by atoms with van der Waals surface area (Å²) in [5, 5.41) is 3.28. The van der Waals surface area contributed by atoms with Crippen LogP contribution < -0.4 is 5.32 Å². The summed E-state index contributed by atoms with van der Waals surface area (Å²) in [5.41, 5.74) is 0. The van der Waals surface area contributed by atoms with Crippen molar-refractivity contribution < 1.29 is 4.79 Å². The molecule has 1 saturated heterocycles. The first-order chi connectivity index (χ1) is 6.20. The van der Waals surface area contributed by atoms with Gasteiger partial charge in [0.15, 0.2) is 0 Å². The minimum Gasteiger partial charge on any atom is -0.341 e. The minimum atomic E-state index is 0.339. The maximum absolute atomic E-state index is 11.8. The molecule has 1 N–H and O–H groups in total. The molecule has 1 amide bonds. The SMILES string of the molecule is CC1CC1C(=O)N(C)C1CCNC1. The van der Waals surface area contributed by atoms with E-state index in [-0.39, 0.29) is 0 Å². The molecule has 2 rings (SSSR count). The molecule has 0 radical (unpaired) electrons. The molecule has 13 heavy (non-hydrogen) atoms. The molecule has 0 aromatic heterocycles. The van der Waals surface area contributed by atoms with Crippen molar-refractivity contribution in [3.63, 3.8) is 0 Å². The molecule has 2 aliphatic rings. The van der Waals surface area contributed by atoms with Crippen LogP contribution in [0.15, 0.2) is 0 Å². The molecule has 3 unspecified atom stereocenters. The van der Waals surface area contributed by atoms with Gasteiger partial charge < -0.3 is 10.2 Å². The molecular weight excluding hydrogens is 164 g/mol. The highest BCUT2D eigenvalue weighted by Crippen LogP contribution is 2.39. The van der Waals surface area contributed by atoms with Crippen LogP contribution in [0.1, 0.15) is 19.8 Å². The topological polar surface area (TPSA) is 32.3 Å². The van der Waals surface area contributed by atoms with Gasteiger partial charge in [0, 0.05) is 25.6 Å². The van der Waals surface area contributed by atoms with E-state index in [1.165, 1.54) is 0 Å². The number of carbonyl (C=O) groups excluding carboxylic acids is 1. The second-order valence-electron chi connectivity index (χ2n) is 4.42. The quantitative estimate of drug-likeness (QED) is 0.673. The molecule has 3 atom stereocenters. The van der Waals surface area contributed by atoms with Crippen LogP contribution in [-0.4, -0.2) is 37.0 Å². The van der Waals surface area contributed by atoms with E-state index in [9.17, 15) is 4.79 Å². The van der Waals surface area contributed by atoms with Crippen LogP contribution in [0, 0.1) is 11.8 Å². The van der Waals surface area contributed by atoms with Gasteiger partial charge in [0.25, 0.3) is 0 Å². The van der Waals surface area contributed by atoms with E-state index >= 15 is 0 Å². The normalized spacial score (nSPS) is 37.5. The fourth-order valence-corrected chi connectivity index (χ4v) is 2.08. The second kappa shape index (κ2) is 3.29. The Morgan fingerprint density at radius 3 is 2.69 bits per heavy atom. The summed E-state index contributed by atoms with van der Waals surface area (Å²) in [6, 6.07) is 0.445. The first-order valence-corrected chi connectivity index (χ1v) is 5.17. The number of rotatable bonds is 2. The van der Waals surface area contributed by atoms with Gasteiger partial charge in [0.1, 0.15) is 0 Å². The monoisotopic (exact) mass is 182 g/mol. The first-order valence-electron chi connectivity index (χ1n) is 5.17. The Bertz CT molecular complexity index is 211. The van der Waals surface area contributed by atoms with Crippen molar-refractivity contribution in [2.45, 2.75) is 25.8 Å². The molecule has 3 nitrogen and oxygen atoms in total. The van der Waals surface area contributed by atoms with Crippen LogP contribution in [0.4, 0.5) is 0 Å². The summed E-state index contributed by atoms with van der Waals surface area (Å²) in [6.45, 7) is 4.19. The zero-order valence-corrected chi connectivity index (χ0v) is 8.42. The maximum atomic E-state index is 11.8. The van der Waals surface area contributed by atoms with Crippen molar-refractivity contribution in [3.8, 4) is 0 Å². The standard InChI is InChI=1S/C10H18N2O/c1-7-5-9(7)10(13)12(2)8-3-4-11-6-8/h7-9,11H,3-6H2,1-2H3. The summed E-state index contributed by atoms with van der Waals surface area (Å²) in [5.74, 6) is 1.33. The number of nitrogens with zero attached hydrogens (tertiary/aromatic N) is 1. The van der Waals surface area contributed by atoms with E-state index in [1.807, 2.05) is 11.9 Å². The Kier molecular flexibility index (Phi) is 2.28. The molecule has 0 aromatic carbocycles. The molecule has 1 aliphatic carbocycles. The van der Waals surface area contributed by atoms with E-state index in [1.54, 1.807) is 0 Å². The lowest BCUT2D eigenvalue weighted by Gasteiger charge is -2.23. The lowest BCUT2D eigenvalue weighted by Crippen LogP contribution is -2.39. The molecule has 1 heterocycles. The van der Waals surface area contributed by atoms with E-state index in [4.69, 9.17) is 0 Å². The third-order valence-corrected chi connectivity index (χ3v) is 3.36. The Labute approximate surface area is 79.5 Å². The fraction of sp³-hybridized carbons (Fsp3) is 0.900. The Hall–Kier alpha value is -0.570. The van der Waals surface area contributed by atoms with E-state index < -0.39 is 0 Å². The highest BCUT2D eigenvalue weighted by atomic mass is 16.2. The van der Waals surface area contributed by atoms with Gasteiger partial charge in [-0.1, -0.05) is 6.92 Å². The third kappa shape index (κ3) is 1.70. The van der Waals surface area contributed by atoms with Crippen molar-refractivity contribution in [2.75, 3.05) is 20.1 Å². The van der Waals surface area contributed by atoms with Crippen LogP contribution in [0.5, 0.6) is 0 Å². The van der Waals surface area contributed by atoms with Gasteiger partial charge in [-0.3, -0.25) is 4.79 Å². The summed E-state index contributed by atoms with van der Waals surface area (Å²) < 4.78 is 0. The van der Waals surface area contributed by atoms with Crippen molar-refractivity contribution in [2.24, 2.45) is 11.8 Å². The molecule has 3 heteroatoms. The number of carbonyl (C=O) groups is 1. The van der Waals surface area contributed by atoms with Crippen LogP contribution in [-0.2, 0) is 4.79 Å². The molecule has 0 bridgehead atoms. The Morgan fingerprint density at radius 1 is 1.54 bits per heavy atom. The smallest absolute Gasteiger partial charge is 0.225 e. The maximum Gasteiger partial charge on any atom is 0.225 e. The molecule has 0 aromatic rings. The Balaban J connectivity index is 1.88. The number of hydrogen-bond donors (Lipinski definition) is 1. The van der Waals surface area contributed by atoms with Gasteiger partial charge >= 0.3 is 0 Å². The van der Waals surface area contributed by atoms with E-state index in [0.717, 1.165) is 25.9 Å². The van der Waals surface area contributed by atoms with Crippen molar-refractivity contribution in [1.29, 1.82) is 0 Å². The van der Waals surface area contributed by atoms with Gasteiger partial charge in [0.2, 0.25) is 5.91 Å². The summed E-state index contributed by atoms with van der Waals surface area (Å²) >= 11 is 0. The Morgan fingerprint density at radius 2 is 2.23 bits per heavy atom.